The lowest BCUT2D eigenvalue weighted by molar-refractivity contribution is 0.0510. The third-order valence-electron chi connectivity index (χ3n) is 2.90. The Morgan fingerprint density at radius 1 is 1.32 bits per heavy atom. The molecule has 19 heavy (non-hydrogen) atoms. The summed E-state index contributed by atoms with van der Waals surface area (Å²) in [5.74, 6) is 0. The number of nitrogens with two attached hydrogens (primary N) is 1. The highest BCUT2D eigenvalue weighted by Crippen LogP contribution is 2.07. The van der Waals surface area contributed by atoms with Crippen LogP contribution in [-0.4, -0.2) is 48.9 Å². The van der Waals surface area contributed by atoms with E-state index in [1.54, 1.807) is 0 Å². The molecule has 0 aliphatic carbocycles. The van der Waals surface area contributed by atoms with Crippen molar-refractivity contribution in [1.82, 2.24) is 15.8 Å². The topological polar surface area (TPSA) is 79.6 Å². The second kappa shape index (κ2) is 7.67. The molecular formula is C13H28N4O2. The van der Waals surface area contributed by atoms with Gasteiger partial charge in [-0.2, -0.15) is 0 Å². The summed E-state index contributed by atoms with van der Waals surface area (Å²) in [6.45, 7) is 8.58. The Hall–Kier alpha value is -0.850. The van der Waals surface area contributed by atoms with Gasteiger partial charge in [0, 0.05) is 26.2 Å². The quantitative estimate of drug-likeness (QED) is 0.691. The first kappa shape index (κ1) is 16.2. The highest BCUT2D eigenvalue weighted by Gasteiger charge is 2.18. The fraction of sp³-hybridized carbons (Fsp3) is 0.923. The van der Waals surface area contributed by atoms with Crippen LogP contribution in [0.2, 0.25) is 0 Å². The van der Waals surface area contributed by atoms with Crippen molar-refractivity contribution in [3.05, 3.63) is 0 Å². The number of ether oxygens (including phenoxy) is 1. The SMILES string of the molecule is CC(C)(C)OC(=O)NCC(CN)NN1CCCCC1. The van der Waals surface area contributed by atoms with Gasteiger partial charge in [-0.3, -0.25) is 0 Å². The number of nitrogens with zero attached hydrogens (tertiary/aromatic N) is 1. The summed E-state index contributed by atoms with van der Waals surface area (Å²) >= 11 is 0. The molecule has 1 aliphatic rings. The number of hydrogen-bond donors (Lipinski definition) is 3. The number of nitrogens with one attached hydrogen (secondary N) is 2. The zero-order valence-corrected chi connectivity index (χ0v) is 12.4. The Labute approximate surface area is 116 Å². The number of piperidine rings is 1. The zero-order valence-electron chi connectivity index (χ0n) is 12.4. The molecule has 1 fully saturated rings. The van der Waals surface area contributed by atoms with Crippen molar-refractivity contribution < 1.29 is 9.53 Å². The summed E-state index contributed by atoms with van der Waals surface area (Å²) < 4.78 is 5.19. The van der Waals surface area contributed by atoms with Crippen LogP contribution < -0.4 is 16.5 Å². The molecule has 0 bridgehead atoms. The van der Waals surface area contributed by atoms with Gasteiger partial charge in [0.15, 0.2) is 0 Å². The Balaban J connectivity index is 2.25. The van der Waals surface area contributed by atoms with Crippen LogP contribution in [0, 0.1) is 0 Å². The van der Waals surface area contributed by atoms with Gasteiger partial charge in [-0.25, -0.2) is 15.2 Å². The number of hydrazine groups is 1. The van der Waals surface area contributed by atoms with Crippen LogP contribution in [-0.2, 0) is 4.74 Å². The first-order chi connectivity index (χ1) is 8.90. The van der Waals surface area contributed by atoms with Gasteiger partial charge in [0.25, 0.3) is 0 Å². The van der Waals surface area contributed by atoms with Crippen molar-refractivity contribution in [2.45, 2.75) is 51.7 Å². The first-order valence-electron chi connectivity index (χ1n) is 7.09. The van der Waals surface area contributed by atoms with Gasteiger partial charge < -0.3 is 15.8 Å². The molecule has 6 heteroatoms. The predicted octanol–water partition coefficient (Wildman–Crippen LogP) is 0.829. The second-order valence-electron chi connectivity index (χ2n) is 5.99. The van der Waals surface area contributed by atoms with Crippen molar-refractivity contribution in [3.8, 4) is 0 Å². The monoisotopic (exact) mass is 272 g/mol. The number of carbonyl (C=O) groups excluding carboxylic acids is 1. The minimum Gasteiger partial charge on any atom is -0.444 e. The van der Waals surface area contributed by atoms with Crippen LogP contribution in [0.15, 0.2) is 0 Å². The van der Waals surface area contributed by atoms with Crippen molar-refractivity contribution in [3.63, 3.8) is 0 Å². The summed E-state index contributed by atoms with van der Waals surface area (Å²) in [5, 5.41) is 4.94. The van der Waals surface area contributed by atoms with E-state index in [0.717, 1.165) is 13.1 Å². The lowest BCUT2D eigenvalue weighted by Gasteiger charge is -2.31. The summed E-state index contributed by atoms with van der Waals surface area (Å²) in [4.78, 5) is 11.6. The standard InChI is InChI=1S/C13H28N4O2/c1-13(2,3)19-12(18)15-10-11(9-14)16-17-7-5-4-6-8-17/h11,16H,4-10,14H2,1-3H3,(H,15,18). The minimum atomic E-state index is -0.470. The average Bonchev–Trinajstić information content (AvgIpc) is 2.33. The molecule has 1 amide bonds. The molecule has 1 aliphatic heterocycles. The fourth-order valence-electron chi connectivity index (χ4n) is 1.98. The van der Waals surface area contributed by atoms with E-state index in [1.807, 2.05) is 20.8 Å². The largest absolute Gasteiger partial charge is 0.444 e. The first-order valence-corrected chi connectivity index (χ1v) is 7.09. The minimum absolute atomic E-state index is 0.0469. The summed E-state index contributed by atoms with van der Waals surface area (Å²) in [6.07, 6.45) is 3.32. The number of carbonyl (C=O) groups is 1. The van der Waals surface area contributed by atoms with Gasteiger partial charge in [-0.05, 0) is 33.6 Å². The van der Waals surface area contributed by atoms with Crippen LogP contribution in [0.1, 0.15) is 40.0 Å². The molecule has 6 nitrogen and oxygen atoms in total. The highest BCUT2D eigenvalue weighted by molar-refractivity contribution is 5.67. The predicted molar refractivity (Wildman–Crippen MR) is 75.6 cm³/mol. The van der Waals surface area contributed by atoms with E-state index in [2.05, 4.69) is 15.8 Å². The molecule has 0 radical (unpaired) electrons. The van der Waals surface area contributed by atoms with Crippen molar-refractivity contribution in [2.75, 3.05) is 26.2 Å². The maximum absolute atomic E-state index is 11.6. The molecule has 1 heterocycles. The van der Waals surface area contributed by atoms with E-state index in [4.69, 9.17) is 10.5 Å². The third kappa shape index (κ3) is 7.34. The molecule has 1 rings (SSSR count). The van der Waals surface area contributed by atoms with E-state index < -0.39 is 11.7 Å². The maximum atomic E-state index is 11.6. The summed E-state index contributed by atoms with van der Waals surface area (Å²) in [7, 11) is 0. The third-order valence-corrected chi connectivity index (χ3v) is 2.90. The lowest BCUT2D eigenvalue weighted by atomic mass is 10.2. The maximum Gasteiger partial charge on any atom is 0.407 e. The van der Waals surface area contributed by atoms with Crippen LogP contribution >= 0.6 is 0 Å². The summed E-state index contributed by atoms with van der Waals surface area (Å²) in [5.41, 5.74) is 8.61. The molecule has 1 unspecified atom stereocenters. The second-order valence-corrected chi connectivity index (χ2v) is 5.99. The van der Waals surface area contributed by atoms with Crippen LogP contribution in [0.3, 0.4) is 0 Å². The van der Waals surface area contributed by atoms with Crippen LogP contribution in [0.25, 0.3) is 0 Å². The molecule has 0 aromatic heterocycles. The number of hydrogen-bond acceptors (Lipinski definition) is 5. The van der Waals surface area contributed by atoms with Crippen LogP contribution in [0.5, 0.6) is 0 Å². The molecule has 4 N–H and O–H groups in total. The van der Waals surface area contributed by atoms with E-state index in [9.17, 15) is 4.79 Å². The molecular weight excluding hydrogens is 244 g/mol. The number of amides is 1. The normalized spacial score (nSPS) is 18.9. The molecule has 0 aromatic carbocycles. The van der Waals surface area contributed by atoms with Gasteiger partial charge in [0.05, 0.1) is 6.04 Å². The van der Waals surface area contributed by atoms with Crippen molar-refractivity contribution >= 4 is 6.09 Å². The van der Waals surface area contributed by atoms with Gasteiger partial charge in [0.2, 0.25) is 0 Å². The molecule has 112 valence electrons. The summed E-state index contributed by atoms with van der Waals surface area (Å²) in [6, 6.07) is 0.0469. The van der Waals surface area contributed by atoms with Crippen LogP contribution in [0.4, 0.5) is 4.79 Å². The van der Waals surface area contributed by atoms with E-state index >= 15 is 0 Å². The fourth-order valence-corrected chi connectivity index (χ4v) is 1.98. The molecule has 1 atom stereocenters. The Morgan fingerprint density at radius 3 is 2.47 bits per heavy atom. The van der Waals surface area contributed by atoms with Crippen molar-refractivity contribution in [2.24, 2.45) is 5.73 Å². The Kier molecular flexibility index (Phi) is 6.54. The van der Waals surface area contributed by atoms with Gasteiger partial charge in [-0.1, -0.05) is 6.42 Å². The smallest absolute Gasteiger partial charge is 0.407 e. The van der Waals surface area contributed by atoms with Gasteiger partial charge >= 0.3 is 6.09 Å². The van der Waals surface area contributed by atoms with Crippen molar-refractivity contribution in [1.29, 1.82) is 0 Å². The molecule has 1 saturated heterocycles. The Morgan fingerprint density at radius 2 is 1.95 bits per heavy atom. The van der Waals surface area contributed by atoms with E-state index in [0.29, 0.717) is 13.1 Å². The van der Waals surface area contributed by atoms with E-state index in [1.165, 1.54) is 19.3 Å². The zero-order chi connectivity index (χ0) is 14.3. The molecule has 0 spiro atoms. The highest BCUT2D eigenvalue weighted by atomic mass is 16.6. The van der Waals surface area contributed by atoms with E-state index in [-0.39, 0.29) is 6.04 Å². The average molecular weight is 272 g/mol. The lowest BCUT2D eigenvalue weighted by Crippen LogP contribution is -2.54. The van der Waals surface area contributed by atoms with Gasteiger partial charge in [-0.15, -0.1) is 0 Å². The molecule has 0 saturated carbocycles. The molecule has 0 aromatic rings. The Bertz CT molecular complexity index is 272. The van der Waals surface area contributed by atoms with Gasteiger partial charge in [0.1, 0.15) is 5.60 Å². The number of alkyl carbamates (subject to hydrolysis) is 1. The number of rotatable bonds is 5.